The molecule has 2 aromatic rings. The third-order valence-electron chi connectivity index (χ3n) is 6.69. The SMILES string of the molecule is Cc1cc(C=N[C@H]2CCCC[C@@H]2N=Cc2cc(C)cc(C(C)(C)C)c2O)c(O)c(C(C)(C)C)c1. The summed E-state index contributed by atoms with van der Waals surface area (Å²) < 4.78 is 0. The fourth-order valence-corrected chi connectivity index (χ4v) is 4.75. The summed E-state index contributed by atoms with van der Waals surface area (Å²) in [5.41, 5.74) is 5.37. The van der Waals surface area contributed by atoms with E-state index in [1.54, 1.807) is 0 Å². The molecular formula is C30H42N2O2. The van der Waals surface area contributed by atoms with E-state index in [1.807, 2.05) is 24.6 Å². The van der Waals surface area contributed by atoms with Gasteiger partial charge in [-0.25, -0.2) is 0 Å². The molecular weight excluding hydrogens is 420 g/mol. The second-order valence-corrected chi connectivity index (χ2v) is 12.0. The van der Waals surface area contributed by atoms with E-state index in [0.717, 1.165) is 59.1 Å². The molecule has 2 aromatic carbocycles. The first kappa shape index (κ1) is 26.0. The molecule has 2 N–H and O–H groups in total. The third-order valence-corrected chi connectivity index (χ3v) is 6.69. The number of aromatic hydroxyl groups is 2. The van der Waals surface area contributed by atoms with Gasteiger partial charge in [0, 0.05) is 34.7 Å². The minimum Gasteiger partial charge on any atom is -0.507 e. The lowest BCUT2D eigenvalue weighted by Gasteiger charge is -2.26. The minimum atomic E-state index is -0.141. The highest BCUT2D eigenvalue weighted by molar-refractivity contribution is 5.86. The average molecular weight is 463 g/mol. The summed E-state index contributed by atoms with van der Waals surface area (Å²) in [6.45, 7) is 16.8. The fourth-order valence-electron chi connectivity index (χ4n) is 4.75. The van der Waals surface area contributed by atoms with Crippen LogP contribution in [0.4, 0.5) is 0 Å². The summed E-state index contributed by atoms with van der Waals surface area (Å²) in [7, 11) is 0. The van der Waals surface area contributed by atoms with Crippen LogP contribution in [0.3, 0.4) is 0 Å². The topological polar surface area (TPSA) is 65.2 Å². The Morgan fingerprint density at radius 1 is 0.676 bits per heavy atom. The fraction of sp³-hybridized carbons (Fsp3) is 0.533. The van der Waals surface area contributed by atoms with Gasteiger partial charge in [0.2, 0.25) is 0 Å². The lowest BCUT2D eigenvalue weighted by atomic mass is 9.84. The van der Waals surface area contributed by atoms with Crippen molar-refractivity contribution in [3.05, 3.63) is 57.6 Å². The minimum absolute atomic E-state index is 0.0667. The zero-order chi connectivity index (χ0) is 25.3. The molecule has 1 aliphatic carbocycles. The molecule has 0 aromatic heterocycles. The van der Waals surface area contributed by atoms with Crippen LogP contribution in [0.1, 0.15) is 101 Å². The van der Waals surface area contributed by atoms with Crippen LogP contribution in [0.25, 0.3) is 0 Å². The van der Waals surface area contributed by atoms with E-state index in [-0.39, 0.29) is 22.9 Å². The Morgan fingerprint density at radius 2 is 1.03 bits per heavy atom. The molecule has 0 amide bonds. The first-order valence-electron chi connectivity index (χ1n) is 12.5. The Balaban J connectivity index is 1.88. The van der Waals surface area contributed by atoms with Gasteiger partial charge in [-0.1, -0.05) is 66.5 Å². The molecule has 4 heteroatoms. The van der Waals surface area contributed by atoms with Gasteiger partial charge in [0.1, 0.15) is 11.5 Å². The Morgan fingerprint density at radius 3 is 1.35 bits per heavy atom. The zero-order valence-electron chi connectivity index (χ0n) is 22.2. The van der Waals surface area contributed by atoms with Crippen molar-refractivity contribution in [2.45, 2.75) is 104 Å². The van der Waals surface area contributed by atoms with Crippen molar-refractivity contribution in [2.75, 3.05) is 0 Å². The highest BCUT2D eigenvalue weighted by Crippen LogP contribution is 2.35. The van der Waals surface area contributed by atoms with Crippen LogP contribution in [0.15, 0.2) is 34.3 Å². The summed E-state index contributed by atoms with van der Waals surface area (Å²) in [5.74, 6) is 0.634. The van der Waals surface area contributed by atoms with Gasteiger partial charge in [-0.2, -0.15) is 0 Å². The zero-order valence-corrected chi connectivity index (χ0v) is 22.2. The van der Waals surface area contributed by atoms with E-state index < -0.39 is 0 Å². The molecule has 0 aliphatic heterocycles. The summed E-state index contributed by atoms with van der Waals surface area (Å²) in [6.07, 6.45) is 7.88. The van der Waals surface area contributed by atoms with E-state index in [4.69, 9.17) is 9.98 Å². The third kappa shape index (κ3) is 6.08. The molecule has 1 saturated carbocycles. The second-order valence-electron chi connectivity index (χ2n) is 12.0. The van der Waals surface area contributed by atoms with Crippen LogP contribution in [-0.2, 0) is 10.8 Å². The molecule has 34 heavy (non-hydrogen) atoms. The van der Waals surface area contributed by atoms with E-state index >= 15 is 0 Å². The molecule has 1 fully saturated rings. The molecule has 2 atom stereocenters. The van der Waals surface area contributed by atoms with Crippen molar-refractivity contribution in [1.82, 2.24) is 0 Å². The van der Waals surface area contributed by atoms with Gasteiger partial charge in [-0.05, 0) is 60.8 Å². The largest absolute Gasteiger partial charge is 0.507 e. The first-order chi connectivity index (χ1) is 15.8. The van der Waals surface area contributed by atoms with Crippen molar-refractivity contribution in [1.29, 1.82) is 0 Å². The van der Waals surface area contributed by atoms with Gasteiger partial charge >= 0.3 is 0 Å². The van der Waals surface area contributed by atoms with Crippen LogP contribution in [0, 0.1) is 13.8 Å². The maximum atomic E-state index is 10.9. The van der Waals surface area contributed by atoms with Gasteiger partial charge in [0.15, 0.2) is 0 Å². The van der Waals surface area contributed by atoms with Gasteiger partial charge in [-0.3, -0.25) is 9.98 Å². The van der Waals surface area contributed by atoms with Crippen molar-refractivity contribution >= 4 is 12.4 Å². The van der Waals surface area contributed by atoms with Crippen molar-refractivity contribution in [3.8, 4) is 11.5 Å². The summed E-state index contributed by atoms with van der Waals surface area (Å²) in [6, 6.07) is 8.23. The van der Waals surface area contributed by atoms with Crippen molar-refractivity contribution in [2.24, 2.45) is 9.98 Å². The summed E-state index contributed by atoms with van der Waals surface area (Å²) in [4.78, 5) is 9.82. The number of phenolic OH excluding ortho intramolecular Hbond substituents is 2. The lowest BCUT2D eigenvalue weighted by Crippen LogP contribution is -2.27. The maximum absolute atomic E-state index is 10.9. The standard InChI is InChI=1S/C30H42N2O2/c1-19-13-21(27(33)23(15-19)29(3,4)5)17-31-25-11-9-10-12-26(25)32-18-22-14-20(2)16-24(28(22)34)30(6,7)8/h13-18,25-26,33-34H,9-12H2,1-8H3/t25-,26-/m0/s1. The average Bonchev–Trinajstić information content (AvgIpc) is 2.73. The molecule has 3 rings (SSSR count). The number of nitrogens with zero attached hydrogens (tertiary/aromatic N) is 2. The molecule has 184 valence electrons. The predicted molar refractivity (Wildman–Crippen MR) is 144 cm³/mol. The van der Waals surface area contributed by atoms with E-state index in [0.29, 0.717) is 11.5 Å². The van der Waals surface area contributed by atoms with Crippen LogP contribution in [-0.4, -0.2) is 34.7 Å². The molecule has 0 spiro atoms. The number of aryl methyl sites for hydroxylation is 2. The molecule has 1 aliphatic rings. The monoisotopic (exact) mass is 462 g/mol. The lowest BCUT2D eigenvalue weighted by molar-refractivity contribution is 0.390. The number of aliphatic imine (C=N–C) groups is 2. The normalized spacial score (nSPS) is 19.9. The quantitative estimate of drug-likeness (QED) is 0.473. The Kier molecular flexibility index (Phi) is 7.59. The Hall–Kier alpha value is -2.62. The number of benzene rings is 2. The van der Waals surface area contributed by atoms with Crippen LogP contribution in [0.2, 0.25) is 0 Å². The molecule has 4 nitrogen and oxygen atoms in total. The van der Waals surface area contributed by atoms with Gasteiger partial charge in [-0.15, -0.1) is 0 Å². The highest BCUT2D eigenvalue weighted by Gasteiger charge is 2.25. The number of hydrogen-bond donors (Lipinski definition) is 2. The number of phenols is 2. The predicted octanol–water partition coefficient (Wildman–Crippen LogP) is 7.16. The second kappa shape index (κ2) is 9.93. The molecule has 0 bridgehead atoms. The number of hydrogen-bond acceptors (Lipinski definition) is 4. The molecule has 0 heterocycles. The van der Waals surface area contributed by atoms with E-state index in [2.05, 4.69) is 67.5 Å². The Bertz CT molecular complexity index is 997. The van der Waals surface area contributed by atoms with Gasteiger partial charge in [0.25, 0.3) is 0 Å². The summed E-state index contributed by atoms with van der Waals surface area (Å²) in [5, 5.41) is 21.8. The smallest absolute Gasteiger partial charge is 0.128 e. The van der Waals surface area contributed by atoms with E-state index in [9.17, 15) is 10.2 Å². The van der Waals surface area contributed by atoms with Crippen LogP contribution < -0.4 is 0 Å². The van der Waals surface area contributed by atoms with Gasteiger partial charge in [0.05, 0.1) is 12.1 Å². The van der Waals surface area contributed by atoms with Crippen LogP contribution >= 0.6 is 0 Å². The van der Waals surface area contributed by atoms with Crippen LogP contribution in [0.5, 0.6) is 11.5 Å². The highest BCUT2D eigenvalue weighted by atomic mass is 16.3. The molecule has 0 radical (unpaired) electrons. The van der Waals surface area contributed by atoms with Crippen molar-refractivity contribution < 1.29 is 10.2 Å². The Labute approximate surface area is 205 Å². The summed E-state index contributed by atoms with van der Waals surface area (Å²) >= 11 is 0. The number of rotatable bonds is 4. The first-order valence-corrected chi connectivity index (χ1v) is 12.5. The molecule has 0 saturated heterocycles. The van der Waals surface area contributed by atoms with Gasteiger partial charge < -0.3 is 10.2 Å². The van der Waals surface area contributed by atoms with Crippen molar-refractivity contribution in [3.63, 3.8) is 0 Å². The maximum Gasteiger partial charge on any atom is 0.128 e. The van der Waals surface area contributed by atoms with E-state index in [1.165, 1.54) is 0 Å². The molecule has 0 unspecified atom stereocenters.